The molecule has 0 spiro atoms. The predicted octanol–water partition coefficient (Wildman–Crippen LogP) is 3.17. The Bertz CT molecular complexity index is 563. The predicted molar refractivity (Wildman–Crippen MR) is 73.3 cm³/mol. The molecule has 0 aromatic carbocycles. The second-order valence-electron chi connectivity index (χ2n) is 4.71. The SMILES string of the molecule is CCCCCCCc1nc2nccc(C(=O)O)c2[nH]1. The van der Waals surface area contributed by atoms with Gasteiger partial charge in [0.25, 0.3) is 0 Å². The molecule has 0 saturated carbocycles. The lowest BCUT2D eigenvalue weighted by Crippen LogP contribution is -1.97. The van der Waals surface area contributed by atoms with Crippen molar-refractivity contribution in [1.82, 2.24) is 15.0 Å². The number of hydrogen-bond acceptors (Lipinski definition) is 3. The van der Waals surface area contributed by atoms with Crippen molar-refractivity contribution in [3.8, 4) is 0 Å². The molecule has 0 aliphatic rings. The molecule has 5 heteroatoms. The van der Waals surface area contributed by atoms with Crippen LogP contribution in [0.4, 0.5) is 0 Å². The Labute approximate surface area is 112 Å². The van der Waals surface area contributed by atoms with Gasteiger partial charge >= 0.3 is 5.97 Å². The normalized spacial score (nSPS) is 11.0. The molecule has 2 rings (SSSR count). The van der Waals surface area contributed by atoms with Crippen LogP contribution in [0.25, 0.3) is 11.2 Å². The van der Waals surface area contributed by atoms with Crippen molar-refractivity contribution in [2.24, 2.45) is 0 Å². The Morgan fingerprint density at radius 3 is 2.84 bits per heavy atom. The number of rotatable bonds is 7. The van der Waals surface area contributed by atoms with Gasteiger partial charge < -0.3 is 10.1 Å². The van der Waals surface area contributed by atoms with E-state index < -0.39 is 5.97 Å². The number of H-pyrrole nitrogens is 1. The molecular weight excluding hydrogens is 242 g/mol. The smallest absolute Gasteiger partial charge is 0.338 e. The minimum absolute atomic E-state index is 0.231. The Morgan fingerprint density at radius 1 is 1.32 bits per heavy atom. The van der Waals surface area contributed by atoms with E-state index in [9.17, 15) is 4.79 Å². The van der Waals surface area contributed by atoms with E-state index in [1.807, 2.05) is 0 Å². The zero-order valence-corrected chi connectivity index (χ0v) is 11.1. The van der Waals surface area contributed by atoms with Crippen molar-refractivity contribution < 1.29 is 9.90 Å². The summed E-state index contributed by atoms with van der Waals surface area (Å²) in [4.78, 5) is 22.6. The van der Waals surface area contributed by atoms with Gasteiger partial charge in [0.15, 0.2) is 5.65 Å². The first-order valence-corrected chi connectivity index (χ1v) is 6.79. The molecule has 0 aliphatic carbocycles. The van der Waals surface area contributed by atoms with Crippen molar-refractivity contribution in [1.29, 1.82) is 0 Å². The van der Waals surface area contributed by atoms with E-state index in [-0.39, 0.29) is 5.56 Å². The number of aromatic amines is 1. The first-order chi connectivity index (χ1) is 9.22. The van der Waals surface area contributed by atoms with Crippen LogP contribution >= 0.6 is 0 Å². The number of unbranched alkanes of at least 4 members (excludes halogenated alkanes) is 4. The summed E-state index contributed by atoms with van der Waals surface area (Å²) in [6.45, 7) is 2.19. The van der Waals surface area contributed by atoms with Crippen molar-refractivity contribution in [2.75, 3.05) is 0 Å². The number of carbonyl (C=O) groups is 1. The van der Waals surface area contributed by atoms with Crippen LogP contribution in [0, 0.1) is 0 Å². The highest BCUT2D eigenvalue weighted by Gasteiger charge is 2.12. The monoisotopic (exact) mass is 261 g/mol. The topological polar surface area (TPSA) is 78.9 Å². The van der Waals surface area contributed by atoms with E-state index in [1.165, 1.54) is 37.9 Å². The van der Waals surface area contributed by atoms with Gasteiger partial charge in [0.1, 0.15) is 5.82 Å². The summed E-state index contributed by atoms with van der Waals surface area (Å²) in [5, 5.41) is 9.09. The molecule has 2 N–H and O–H groups in total. The second kappa shape index (κ2) is 6.31. The van der Waals surface area contributed by atoms with E-state index in [1.54, 1.807) is 0 Å². The van der Waals surface area contributed by atoms with Gasteiger partial charge in [-0.05, 0) is 12.5 Å². The number of aromatic nitrogens is 3. The molecule has 0 unspecified atom stereocenters. The zero-order chi connectivity index (χ0) is 13.7. The highest BCUT2D eigenvalue weighted by Crippen LogP contribution is 2.15. The molecule has 0 fully saturated rings. The highest BCUT2D eigenvalue weighted by atomic mass is 16.4. The van der Waals surface area contributed by atoms with E-state index in [0.29, 0.717) is 11.2 Å². The fraction of sp³-hybridized carbons (Fsp3) is 0.500. The summed E-state index contributed by atoms with van der Waals surface area (Å²) in [6, 6.07) is 1.49. The summed E-state index contributed by atoms with van der Waals surface area (Å²) in [5.74, 6) is -0.127. The number of hydrogen-bond donors (Lipinski definition) is 2. The van der Waals surface area contributed by atoms with E-state index >= 15 is 0 Å². The van der Waals surface area contributed by atoms with Gasteiger partial charge in [-0.1, -0.05) is 32.6 Å². The van der Waals surface area contributed by atoms with Crippen molar-refractivity contribution in [3.05, 3.63) is 23.7 Å². The van der Waals surface area contributed by atoms with Crippen molar-refractivity contribution in [3.63, 3.8) is 0 Å². The van der Waals surface area contributed by atoms with E-state index in [0.717, 1.165) is 18.7 Å². The lowest BCUT2D eigenvalue weighted by Gasteiger charge is -1.97. The molecule has 0 amide bonds. The fourth-order valence-corrected chi connectivity index (χ4v) is 2.15. The number of carboxylic acid groups (broad SMARTS) is 1. The molecule has 2 aromatic heterocycles. The van der Waals surface area contributed by atoms with Gasteiger partial charge in [-0.15, -0.1) is 0 Å². The Balaban J connectivity index is 2.05. The number of nitrogens with zero attached hydrogens (tertiary/aromatic N) is 2. The molecule has 0 aliphatic heterocycles. The third-order valence-electron chi connectivity index (χ3n) is 3.19. The number of imidazole rings is 1. The molecule has 0 atom stereocenters. The molecule has 0 radical (unpaired) electrons. The van der Waals surface area contributed by atoms with Gasteiger partial charge in [0, 0.05) is 12.6 Å². The van der Waals surface area contributed by atoms with Gasteiger partial charge in [0.2, 0.25) is 0 Å². The van der Waals surface area contributed by atoms with Crippen LogP contribution in [0.1, 0.15) is 55.2 Å². The average Bonchev–Trinajstić information content (AvgIpc) is 2.80. The van der Waals surface area contributed by atoms with E-state index in [2.05, 4.69) is 21.9 Å². The summed E-state index contributed by atoms with van der Waals surface area (Å²) in [7, 11) is 0. The van der Waals surface area contributed by atoms with Crippen LogP contribution < -0.4 is 0 Å². The minimum Gasteiger partial charge on any atom is -0.478 e. The first-order valence-electron chi connectivity index (χ1n) is 6.79. The molecule has 5 nitrogen and oxygen atoms in total. The third-order valence-corrected chi connectivity index (χ3v) is 3.19. The van der Waals surface area contributed by atoms with E-state index in [4.69, 9.17) is 5.11 Å². The third kappa shape index (κ3) is 3.30. The minimum atomic E-state index is -0.953. The second-order valence-corrected chi connectivity index (χ2v) is 4.71. The maximum absolute atomic E-state index is 11.1. The summed E-state index contributed by atoms with van der Waals surface area (Å²) in [6.07, 6.45) is 8.33. The molecule has 102 valence electrons. The van der Waals surface area contributed by atoms with Crippen LogP contribution in [0.15, 0.2) is 12.3 Å². The summed E-state index contributed by atoms with van der Waals surface area (Å²) in [5.41, 5.74) is 1.25. The lowest BCUT2D eigenvalue weighted by atomic mass is 10.1. The standard InChI is InChI=1S/C14H19N3O2/c1-2-3-4-5-6-7-11-16-12-10(14(18)19)8-9-15-13(12)17-11/h8-9H,2-7H2,1H3,(H,18,19)(H,15,16,17). The van der Waals surface area contributed by atoms with Crippen molar-refractivity contribution in [2.45, 2.75) is 45.4 Å². The van der Waals surface area contributed by atoms with Gasteiger partial charge in [-0.3, -0.25) is 0 Å². The Hall–Kier alpha value is -1.91. The lowest BCUT2D eigenvalue weighted by molar-refractivity contribution is 0.0698. The molecule has 2 aromatic rings. The zero-order valence-electron chi connectivity index (χ0n) is 11.1. The number of aromatic carboxylic acids is 1. The average molecular weight is 261 g/mol. The van der Waals surface area contributed by atoms with Crippen LogP contribution in [0.3, 0.4) is 0 Å². The molecule has 2 heterocycles. The number of nitrogens with one attached hydrogen (secondary N) is 1. The number of fused-ring (bicyclic) bond motifs is 1. The molecular formula is C14H19N3O2. The van der Waals surface area contributed by atoms with Crippen LogP contribution in [0.5, 0.6) is 0 Å². The molecule has 0 saturated heterocycles. The maximum atomic E-state index is 11.1. The maximum Gasteiger partial charge on any atom is 0.338 e. The quantitative estimate of drug-likeness (QED) is 0.750. The number of pyridine rings is 1. The Kier molecular flexibility index (Phi) is 4.49. The van der Waals surface area contributed by atoms with Crippen molar-refractivity contribution >= 4 is 17.1 Å². The largest absolute Gasteiger partial charge is 0.478 e. The number of aryl methyl sites for hydroxylation is 1. The van der Waals surface area contributed by atoms with Gasteiger partial charge in [0.05, 0.1) is 11.1 Å². The summed E-state index contributed by atoms with van der Waals surface area (Å²) < 4.78 is 0. The summed E-state index contributed by atoms with van der Waals surface area (Å²) >= 11 is 0. The molecule has 0 bridgehead atoms. The van der Waals surface area contributed by atoms with Crippen LogP contribution in [0.2, 0.25) is 0 Å². The van der Waals surface area contributed by atoms with Crippen LogP contribution in [-0.4, -0.2) is 26.0 Å². The van der Waals surface area contributed by atoms with Gasteiger partial charge in [-0.2, -0.15) is 0 Å². The molecule has 19 heavy (non-hydrogen) atoms. The van der Waals surface area contributed by atoms with Gasteiger partial charge in [-0.25, -0.2) is 14.8 Å². The fourth-order valence-electron chi connectivity index (χ4n) is 2.15. The highest BCUT2D eigenvalue weighted by molar-refractivity contribution is 5.99. The number of carboxylic acids is 1. The van der Waals surface area contributed by atoms with Crippen LogP contribution in [-0.2, 0) is 6.42 Å². The first kappa shape index (κ1) is 13.5. The Morgan fingerprint density at radius 2 is 2.11 bits per heavy atom.